The number of carbonyl (C=O) groups excluding carboxylic acids is 1. The number of aliphatic carboxylic acids is 4. The molecule has 0 saturated heterocycles. The zero-order chi connectivity index (χ0) is 39.7. The summed E-state index contributed by atoms with van der Waals surface area (Å²) < 4.78 is 12.7. The number of aromatic hydroxyl groups is 4. The van der Waals surface area contributed by atoms with Crippen LogP contribution in [0.25, 0.3) is 0 Å². The van der Waals surface area contributed by atoms with E-state index in [4.69, 9.17) is 19.7 Å². The highest BCUT2D eigenvalue weighted by Gasteiger charge is 2.47. The van der Waals surface area contributed by atoms with Crippen LogP contribution in [0.3, 0.4) is 0 Å². The summed E-state index contributed by atoms with van der Waals surface area (Å²) in [6.07, 6.45) is -0.735. The molecule has 2 aromatic carbocycles. The molecule has 4 rings (SSSR count). The van der Waals surface area contributed by atoms with E-state index < -0.39 is 67.2 Å². The number of phenolic OH excluding ortho intramolecular Hbond substituents is 4. The van der Waals surface area contributed by atoms with Gasteiger partial charge in [-0.1, -0.05) is 0 Å². The number of amides is 1. The standard InChI is InChI=1S/C35H46N4O15/c1-35(23-15-26(43)25(42)13-21(23)34-28(54-35)14-22-24(41)11-20(40)12-27(22)53-34)4-2-5-36-29(44)16-38(17-31(47)48)9-7-37(6-3-30(45)46)8-10-39(18-32(49)50)19-33(51)52/h11-13,15,28,34,40-43H,2-10,14,16-19H2,1H3,(H,36,44)(H,45,46)(H,47,48)(H,49,50)(H,51,52)/t28-,34+,35?/m0/s1. The lowest BCUT2D eigenvalue weighted by Crippen LogP contribution is -2.46. The van der Waals surface area contributed by atoms with Crippen molar-refractivity contribution >= 4 is 29.8 Å². The Kier molecular flexibility index (Phi) is 13.9. The Balaban J connectivity index is 1.36. The van der Waals surface area contributed by atoms with Crippen LogP contribution in [0.4, 0.5) is 0 Å². The first-order valence-electron chi connectivity index (χ1n) is 17.2. The second-order valence-corrected chi connectivity index (χ2v) is 13.5. The number of phenols is 4. The molecule has 0 saturated carbocycles. The highest BCUT2D eigenvalue weighted by atomic mass is 16.6. The first kappa shape index (κ1) is 41.4. The van der Waals surface area contributed by atoms with Gasteiger partial charge in [0, 0.05) is 68.9 Å². The molecule has 0 aliphatic carbocycles. The molecular formula is C35H46N4O15. The molecule has 54 heavy (non-hydrogen) atoms. The summed E-state index contributed by atoms with van der Waals surface area (Å²) in [6, 6.07) is 5.34. The number of carboxylic acid groups (broad SMARTS) is 4. The van der Waals surface area contributed by atoms with Crippen molar-refractivity contribution in [1.82, 2.24) is 20.0 Å². The second-order valence-electron chi connectivity index (χ2n) is 13.5. The third kappa shape index (κ3) is 11.3. The monoisotopic (exact) mass is 762 g/mol. The van der Waals surface area contributed by atoms with Gasteiger partial charge in [-0.05, 0) is 37.5 Å². The number of benzene rings is 2. The fraction of sp³-hybridized carbons (Fsp3) is 0.514. The van der Waals surface area contributed by atoms with Crippen molar-refractivity contribution in [2.45, 2.75) is 50.4 Å². The number of ether oxygens (including phenoxy) is 2. The maximum atomic E-state index is 13.0. The normalized spacial score (nSPS) is 18.7. The molecule has 0 radical (unpaired) electrons. The van der Waals surface area contributed by atoms with Gasteiger partial charge in [0.05, 0.1) is 38.2 Å². The average molecular weight is 763 g/mol. The van der Waals surface area contributed by atoms with Crippen molar-refractivity contribution in [2.24, 2.45) is 0 Å². The van der Waals surface area contributed by atoms with E-state index in [2.05, 4.69) is 5.32 Å². The number of carboxylic acids is 4. The molecular weight excluding hydrogens is 716 g/mol. The van der Waals surface area contributed by atoms with Crippen LogP contribution in [0.1, 0.15) is 49.0 Å². The number of nitrogens with one attached hydrogen (secondary N) is 1. The van der Waals surface area contributed by atoms with Crippen molar-refractivity contribution < 1.29 is 74.3 Å². The third-order valence-electron chi connectivity index (χ3n) is 9.30. The zero-order valence-corrected chi connectivity index (χ0v) is 29.6. The minimum absolute atomic E-state index is 0.0136. The number of fused-ring (bicyclic) bond motifs is 4. The maximum Gasteiger partial charge on any atom is 0.317 e. The molecule has 0 aromatic heterocycles. The Hall–Kier alpha value is -5.37. The quantitative estimate of drug-likeness (QED) is 0.0612. The topological polar surface area (TPSA) is 287 Å². The van der Waals surface area contributed by atoms with Crippen molar-refractivity contribution in [3.8, 4) is 28.7 Å². The Morgan fingerprint density at radius 2 is 1.31 bits per heavy atom. The summed E-state index contributed by atoms with van der Waals surface area (Å²) in [5, 5.41) is 80.9. The van der Waals surface area contributed by atoms with Crippen LogP contribution in [0.15, 0.2) is 24.3 Å². The SMILES string of the molecule is CC1(CCCNC(=O)CN(CCN(CCC(=O)O)CCN(CC(=O)O)CC(=O)O)CC(=O)O)O[C@H]2Cc3c(O)cc(O)cc3O[C@@H]2c2cc(O)c(O)cc21. The van der Waals surface area contributed by atoms with Gasteiger partial charge in [-0.3, -0.25) is 33.8 Å². The molecule has 2 aliphatic rings. The van der Waals surface area contributed by atoms with Crippen molar-refractivity contribution in [3.63, 3.8) is 0 Å². The van der Waals surface area contributed by atoms with Crippen molar-refractivity contribution in [3.05, 3.63) is 41.0 Å². The van der Waals surface area contributed by atoms with Crippen LogP contribution in [0.5, 0.6) is 28.7 Å². The first-order valence-corrected chi connectivity index (χ1v) is 17.2. The fourth-order valence-corrected chi connectivity index (χ4v) is 6.76. The molecule has 19 nitrogen and oxygen atoms in total. The number of hydrogen-bond donors (Lipinski definition) is 9. The van der Waals surface area contributed by atoms with Crippen molar-refractivity contribution in [1.29, 1.82) is 0 Å². The lowest BCUT2D eigenvalue weighted by atomic mass is 9.79. The van der Waals surface area contributed by atoms with Gasteiger partial charge in [0.25, 0.3) is 0 Å². The molecule has 1 unspecified atom stereocenters. The maximum absolute atomic E-state index is 13.0. The summed E-state index contributed by atoms with van der Waals surface area (Å²) >= 11 is 0. The highest BCUT2D eigenvalue weighted by molar-refractivity contribution is 5.79. The van der Waals surface area contributed by atoms with E-state index in [0.717, 1.165) is 0 Å². The van der Waals surface area contributed by atoms with Crippen LogP contribution in [-0.2, 0) is 40.7 Å². The summed E-state index contributed by atoms with van der Waals surface area (Å²) in [5.41, 5.74) is 0.468. The highest BCUT2D eigenvalue weighted by Crippen LogP contribution is 2.52. The van der Waals surface area contributed by atoms with E-state index in [9.17, 15) is 54.6 Å². The molecule has 19 heteroatoms. The molecule has 2 aliphatic heterocycles. The van der Waals surface area contributed by atoms with Crippen LogP contribution < -0.4 is 10.1 Å². The minimum Gasteiger partial charge on any atom is -0.508 e. The zero-order valence-electron chi connectivity index (χ0n) is 29.6. The van der Waals surface area contributed by atoms with Crippen LogP contribution in [0, 0.1) is 0 Å². The summed E-state index contributed by atoms with van der Waals surface area (Å²) in [4.78, 5) is 62.3. The van der Waals surface area contributed by atoms with E-state index in [1.807, 2.05) is 0 Å². The van der Waals surface area contributed by atoms with Crippen LogP contribution in [0.2, 0.25) is 0 Å². The number of nitrogens with zero attached hydrogens (tertiary/aromatic N) is 3. The van der Waals surface area contributed by atoms with E-state index in [0.29, 0.717) is 29.5 Å². The summed E-state index contributed by atoms with van der Waals surface area (Å²) in [6.45, 7) is 0.256. The van der Waals surface area contributed by atoms with E-state index in [-0.39, 0.29) is 87.4 Å². The number of rotatable bonds is 21. The lowest BCUT2D eigenvalue weighted by molar-refractivity contribution is -0.153. The summed E-state index contributed by atoms with van der Waals surface area (Å²) in [7, 11) is 0. The van der Waals surface area contributed by atoms with Crippen LogP contribution in [-0.4, -0.2) is 157 Å². The molecule has 296 valence electrons. The van der Waals surface area contributed by atoms with Crippen molar-refractivity contribution in [2.75, 3.05) is 65.4 Å². The predicted octanol–water partition coefficient (Wildman–Crippen LogP) is 0.330. The molecule has 2 heterocycles. The molecule has 1 amide bonds. The predicted molar refractivity (Wildman–Crippen MR) is 186 cm³/mol. The Labute approximate surface area is 309 Å². The number of carbonyl (C=O) groups is 5. The van der Waals surface area contributed by atoms with Gasteiger partial charge in [0.2, 0.25) is 5.91 Å². The molecule has 0 bridgehead atoms. The summed E-state index contributed by atoms with van der Waals surface area (Å²) in [5.74, 6) is -6.12. The molecule has 0 fully saturated rings. The number of hydrogen-bond acceptors (Lipinski definition) is 14. The average Bonchev–Trinajstić information content (AvgIpc) is 3.06. The minimum atomic E-state index is -1.24. The van der Waals surface area contributed by atoms with Gasteiger partial charge >= 0.3 is 23.9 Å². The van der Waals surface area contributed by atoms with Gasteiger partial charge in [-0.15, -0.1) is 0 Å². The Morgan fingerprint density at radius 3 is 1.91 bits per heavy atom. The first-order chi connectivity index (χ1) is 25.4. The Bertz CT molecular complexity index is 1710. The van der Waals surface area contributed by atoms with Gasteiger partial charge in [0.1, 0.15) is 23.4 Å². The largest absolute Gasteiger partial charge is 0.508 e. The van der Waals surface area contributed by atoms with Gasteiger partial charge in [-0.25, -0.2) is 0 Å². The Morgan fingerprint density at radius 1 is 0.741 bits per heavy atom. The second kappa shape index (κ2) is 18.1. The van der Waals surface area contributed by atoms with E-state index >= 15 is 0 Å². The molecule has 9 N–H and O–H groups in total. The third-order valence-corrected chi connectivity index (χ3v) is 9.30. The van der Waals surface area contributed by atoms with Crippen LogP contribution >= 0.6 is 0 Å². The molecule has 3 atom stereocenters. The van der Waals surface area contributed by atoms with Gasteiger partial charge in [-0.2, -0.15) is 0 Å². The molecule has 0 spiro atoms. The van der Waals surface area contributed by atoms with Gasteiger partial charge in [0.15, 0.2) is 17.6 Å². The molecule has 2 aromatic rings. The van der Waals surface area contributed by atoms with E-state index in [1.54, 1.807) is 11.8 Å². The fourth-order valence-electron chi connectivity index (χ4n) is 6.76. The van der Waals surface area contributed by atoms with Gasteiger partial charge < -0.3 is 60.5 Å². The lowest BCUT2D eigenvalue weighted by Gasteiger charge is -2.46. The van der Waals surface area contributed by atoms with E-state index in [1.165, 1.54) is 34.1 Å². The smallest absolute Gasteiger partial charge is 0.317 e.